The van der Waals surface area contributed by atoms with E-state index in [9.17, 15) is 4.79 Å². The van der Waals surface area contributed by atoms with E-state index in [1.165, 1.54) is 0 Å². The van der Waals surface area contributed by atoms with Gasteiger partial charge in [-0.15, -0.1) is 0 Å². The van der Waals surface area contributed by atoms with Gasteiger partial charge in [-0.3, -0.25) is 0 Å². The van der Waals surface area contributed by atoms with Crippen LogP contribution in [0.15, 0.2) is 48.5 Å². The average Bonchev–Trinajstić information content (AvgIpc) is 2.76. The lowest BCUT2D eigenvalue weighted by atomic mass is 10.1. The summed E-state index contributed by atoms with van der Waals surface area (Å²) in [6, 6.07) is 15.0. The van der Waals surface area contributed by atoms with Crippen molar-refractivity contribution in [3.63, 3.8) is 0 Å². The molecule has 0 unspecified atom stereocenters. The first-order chi connectivity index (χ1) is 9.28. The first kappa shape index (κ1) is 11.5. The molecule has 0 fully saturated rings. The Labute approximate surface area is 111 Å². The van der Waals surface area contributed by atoms with Crippen molar-refractivity contribution >= 4 is 17.8 Å². The van der Waals surface area contributed by atoms with Crippen LogP contribution in [-0.4, -0.2) is 13.1 Å². The van der Waals surface area contributed by atoms with Gasteiger partial charge in [0.1, 0.15) is 11.5 Å². The molecule has 0 amide bonds. The molecule has 1 aliphatic rings. The second kappa shape index (κ2) is 4.61. The Hall–Kier alpha value is -2.55. The van der Waals surface area contributed by atoms with Gasteiger partial charge in [-0.05, 0) is 29.8 Å². The lowest BCUT2D eigenvalue weighted by Crippen LogP contribution is -1.93. The van der Waals surface area contributed by atoms with Crippen LogP contribution in [0.2, 0.25) is 0 Å². The minimum absolute atomic E-state index is 0.320. The molecule has 1 aliphatic heterocycles. The highest BCUT2D eigenvalue weighted by atomic mass is 16.5. The molecule has 0 bridgehead atoms. The maximum atomic E-state index is 11.8. The summed E-state index contributed by atoms with van der Waals surface area (Å²) in [7, 11) is 1.60. The Bertz CT molecular complexity index is 657. The van der Waals surface area contributed by atoms with Crippen LogP contribution in [0.4, 0.5) is 0 Å². The van der Waals surface area contributed by atoms with Crippen LogP contribution in [0.1, 0.15) is 21.5 Å². The molecule has 0 spiro atoms. The molecular formula is C16H12O3. The highest BCUT2D eigenvalue weighted by Crippen LogP contribution is 2.33. The number of hydrogen-bond donors (Lipinski definition) is 0. The number of rotatable bonds is 2. The monoisotopic (exact) mass is 252 g/mol. The van der Waals surface area contributed by atoms with Crippen LogP contribution >= 0.6 is 0 Å². The van der Waals surface area contributed by atoms with Gasteiger partial charge in [0.25, 0.3) is 0 Å². The summed E-state index contributed by atoms with van der Waals surface area (Å²) in [5.74, 6) is 0.945. The van der Waals surface area contributed by atoms with Crippen molar-refractivity contribution in [2.24, 2.45) is 0 Å². The van der Waals surface area contributed by atoms with Gasteiger partial charge in [0.2, 0.25) is 0 Å². The summed E-state index contributed by atoms with van der Waals surface area (Å²) in [6.45, 7) is 0. The van der Waals surface area contributed by atoms with Gasteiger partial charge >= 0.3 is 5.97 Å². The molecule has 0 saturated heterocycles. The standard InChI is InChI=1S/C16H12O3/c1-18-12-7-8-13-14(10-12)15(19-16(13)17)9-11-5-3-2-4-6-11/h2-10H,1H3/b15-9-. The van der Waals surface area contributed by atoms with Gasteiger partial charge in [-0.2, -0.15) is 0 Å². The van der Waals surface area contributed by atoms with Crippen LogP contribution in [0.3, 0.4) is 0 Å². The summed E-state index contributed by atoms with van der Waals surface area (Å²) in [5.41, 5.74) is 2.33. The molecule has 3 rings (SSSR count). The van der Waals surface area contributed by atoms with Gasteiger partial charge in [0.05, 0.1) is 12.7 Å². The average molecular weight is 252 g/mol. The van der Waals surface area contributed by atoms with E-state index in [2.05, 4.69) is 0 Å². The molecule has 0 saturated carbocycles. The second-order valence-corrected chi connectivity index (χ2v) is 4.22. The summed E-state index contributed by atoms with van der Waals surface area (Å²) in [4.78, 5) is 11.8. The summed E-state index contributed by atoms with van der Waals surface area (Å²) in [5, 5.41) is 0. The number of benzene rings is 2. The molecule has 3 heteroatoms. The molecule has 2 aromatic rings. The molecule has 0 atom stereocenters. The molecular weight excluding hydrogens is 240 g/mol. The van der Waals surface area contributed by atoms with Gasteiger partial charge < -0.3 is 9.47 Å². The van der Waals surface area contributed by atoms with Crippen LogP contribution < -0.4 is 4.74 Å². The number of cyclic esters (lactones) is 1. The summed E-state index contributed by atoms with van der Waals surface area (Å²) >= 11 is 0. The Kier molecular flexibility index (Phi) is 2.80. The van der Waals surface area contributed by atoms with Crippen molar-refractivity contribution < 1.29 is 14.3 Å². The van der Waals surface area contributed by atoms with Crippen LogP contribution in [0.25, 0.3) is 11.8 Å². The number of ether oxygens (including phenoxy) is 2. The predicted octanol–water partition coefficient (Wildman–Crippen LogP) is 3.36. The van der Waals surface area contributed by atoms with E-state index in [-0.39, 0.29) is 5.97 Å². The van der Waals surface area contributed by atoms with Gasteiger partial charge in [0.15, 0.2) is 0 Å². The fourth-order valence-electron chi connectivity index (χ4n) is 2.05. The predicted molar refractivity (Wildman–Crippen MR) is 72.7 cm³/mol. The van der Waals surface area contributed by atoms with E-state index in [0.717, 1.165) is 11.1 Å². The number of fused-ring (bicyclic) bond motifs is 1. The van der Waals surface area contributed by atoms with Gasteiger partial charge in [-0.25, -0.2) is 4.79 Å². The molecule has 94 valence electrons. The van der Waals surface area contributed by atoms with Crippen molar-refractivity contribution in [2.45, 2.75) is 0 Å². The largest absolute Gasteiger partial charge is 0.497 e. The molecule has 1 heterocycles. The third kappa shape index (κ3) is 2.10. The van der Waals surface area contributed by atoms with Crippen molar-refractivity contribution in [3.05, 3.63) is 65.2 Å². The molecule has 0 radical (unpaired) electrons. The van der Waals surface area contributed by atoms with E-state index >= 15 is 0 Å². The van der Waals surface area contributed by atoms with Gasteiger partial charge in [-0.1, -0.05) is 30.3 Å². The minimum atomic E-state index is -0.320. The van der Waals surface area contributed by atoms with Crippen molar-refractivity contribution in [1.82, 2.24) is 0 Å². The summed E-state index contributed by atoms with van der Waals surface area (Å²) in [6.07, 6.45) is 1.85. The zero-order valence-corrected chi connectivity index (χ0v) is 10.4. The molecule has 19 heavy (non-hydrogen) atoms. The van der Waals surface area contributed by atoms with E-state index in [0.29, 0.717) is 17.1 Å². The Balaban J connectivity index is 2.08. The minimum Gasteiger partial charge on any atom is -0.497 e. The quantitative estimate of drug-likeness (QED) is 0.769. The van der Waals surface area contributed by atoms with E-state index in [1.807, 2.05) is 42.5 Å². The van der Waals surface area contributed by atoms with E-state index in [4.69, 9.17) is 9.47 Å². The van der Waals surface area contributed by atoms with Crippen molar-refractivity contribution in [1.29, 1.82) is 0 Å². The molecule has 3 nitrogen and oxygen atoms in total. The highest BCUT2D eigenvalue weighted by Gasteiger charge is 2.26. The number of carbonyl (C=O) groups excluding carboxylic acids is 1. The lowest BCUT2D eigenvalue weighted by molar-refractivity contribution is 0.0717. The normalized spacial score (nSPS) is 15.2. The number of methoxy groups -OCH3 is 1. The van der Waals surface area contributed by atoms with Crippen LogP contribution in [-0.2, 0) is 4.74 Å². The second-order valence-electron chi connectivity index (χ2n) is 4.22. The molecule has 0 aromatic heterocycles. The number of hydrogen-bond acceptors (Lipinski definition) is 3. The van der Waals surface area contributed by atoms with Crippen molar-refractivity contribution in [2.75, 3.05) is 7.11 Å². The number of carbonyl (C=O) groups is 1. The zero-order chi connectivity index (χ0) is 13.2. The molecule has 0 N–H and O–H groups in total. The first-order valence-electron chi connectivity index (χ1n) is 5.95. The fraction of sp³-hybridized carbons (Fsp3) is 0.0625. The van der Waals surface area contributed by atoms with Crippen molar-refractivity contribution in [3.8, 4) is 5.75 Å². The van der Waals surface area contributed by atoms with Crippen LogP contribution in [0.5, 0.6) is 5.75 Å². The molecule has 2 aromatic carbocycles. The molecule has 0 aliphatic carbocycles. The maximum absolute atomic E-state index is 11.8. The smallest absolute Gasteiger partial charge is 0.344 e. The number of esters is 1. The fourth-order valence-corrected chi connectivity index (χ4v) is 2.05. The summed E-state index contributed by atoms with van der Waals surface area (Å²) < 4.78 is 10.5. The van der Waals surface area contributed by atoms with Gasteiger partial charge in [0, 0.05) is 5.56 Å². The SMILES string of the molecule is COc1ccc2c(c1)/C(=C/c1ccccc1)OC2=O. The van der Waals surface area contributed by atoms with E-state index < -0.39 is 0 Å². The highest BCUT2D eigenvalue weighted by molar-refractivity contribution is 6.05. The van der Waals surface area contributed by atoms with E-state index in [1.54, 1.807) is 19.2 Å². The van der Waals surface area contributed by atoms with Crippen LogP contribution in [0, 0.1) is 0 Å². The Morgan fingerprint density at radius 3 is 2.58 bits per heavy atom. The third-order valence-electron chi connectivity index (χ3n) is 3.01. The Morgan fingerprint density at radius 1 is 1.05 bits per heavy atom. The topological polar surface area (TPSA) is 35.5 Å². The maximum Gasteiger partial charge on any atom is 0.344 e. The first-order valence-corrected chi connectivity index (χ1v) is 5.95. The third-order valence-corrected chi connectivity index (χ3v) is 3.01. The lowest BCUT2D eigenvalue weighted by Gasteiger charge is -2.02. The Morgan fingerprint density at radius 2 is 1.84 bits per heavy atom. The zero-order valence-electron chi connectivity index (χ0n) is 10.4.